The fraction of sp³-hybridized carbons (Fsp3) is 0.250. The third-order valence-electron chi connectivity index (χ3n) is 4.58. The number of ether oxygens (including phenoxy) is 1. The zero-order chi connectivity index (χ0) is 19.7. The molecule has 0 fully saturated rings. The van der Waals surface area contributed by atoms with Crippen LogP contribution in [-0.4, -0.2) is 26.2 Å². The first-order chi connectivity index (χ1) is 13.4. The number of halogens is 1. The quantitative estimate of drug-likeness (QED) is 0.622. The molecular weight excluding hydrogens is 399 g/mol. The van der Waals surface area contributed by atoms with Gasteiger partial charge in [0.25, 0.3) is 0 Å². The second kappa shape index (κ2) is 7.52. The van der Waals surface area contributed by atoms with Crippen LogP contribution in [0, 0.1) is 5.82 Å². The highest BCUT2D eigenvalue weighted by atomic mass is 32.2. The van der Waals surface area contributed by atoms with Gasteiger partial charge in [-0.15, -0.1) is 11.3 Å². The molecule has 0 unspecified atom stereocenters. The van der Waals surface area contributed by atoms with Crippen LogP contribution in [0.15, 0.2) is 47.8 Å². The number of thiazole rings is 1. The maximum Gasteiger partial charge on any atom is 0.232 e. The Labute approximate surface area is 167 Å². The van der Waals surface area contributed by atoms with E-state index in [4.69, 9.17) is 4.74 Å². The minimum absolute atomic E-state index is 0.300. The van der Waals surface area contributed by atoms with Gasteiger partial charge in [-0.25, -0.2) is 17.8 Å². The van der Waals surface area contributed by atoms with E-state index in [2.05, 4.69) is 4.98 Å². The summed E-state index contributed by atoms with van der Waals surface area (Å²) in [6.07, 6.45) is 2.89. The highest BCUT2D eigenvalue weighted by Gasteiger charge is 2.24. The predicted octanol–water partition coefficient (Wildman–Crippen LogP) is 4.24. The van der Waals surface area contributed by atoms with Gasteiger partial charge in [-0.3, -0.25) is 4.31 Å². The first kappa shape index (κ1) is 18.9. The molecule has 0 atom stereocenters. The number of rotatable bonds is 5. The molecule has 5 nitrogen and oxygen atoms in total. The monoisotopic (exact) mass is 418 g/mol. The van der Waals surface area contributed by atoms with Crippen LogP contribution in [0.4, 0.5) is 10.1 Å². The van der Waals surface area contributed by atoms with Crippen LogP contribution in [0.25, 0.3) is 11.3 Å². The van der Waals surface area contributed by atoms with Gasteiger partial charge < -0.3 is 4.74 Å². The SMILES string of the molecule is CS(=O)(=O)N1CCCc2cc(-c3csc(COc4ccc(F)cc4)n3)ccc21. The van der Waals surface area contributed by atoms with Crippen molar-refractivity contribution in [1.82, 2.24) is 4.98 Å². The molecule has 0 aliphatic carbocycles. The van der Waals surface area contributed by atoms with Gasteiger partial charge in [-0.2, -0.15) is 0 Å². The number of fused-ring (bicyclic) bond motifs is 1. The number of aromatic nitrogens is 1. The first-order valence-corrected chi connectivity index (χ1v) is 11.6. The lowest BCUT2D eigenvalue weighted by Crippen LogP contribution is -2.34. The zero-order valence-electron chi connectivity index (χ0n) is 15.3. The van der Waals surface area contributed by atoms with Crippen LogP contribution >= 0.6 is 11.3 Å². The number of anilines is 1. The van der Waals surface area contributed by atoms with Crippen molar-refractivity contribution in [3.63, 3.8) is 0 Å². The van der Waals surface area contributed by atoms with E-state index < -0.39 is 10.0 Å². The first-order valence-electron chi connectivity index (χ1n) is 8.84. The lowest BCUT2D eigenvalue weighted by molar-refractivity contribution is 0.305. The number of aryl methyl sites for hydroxylation is 1. The minimum atomic E-state index is -3.27. The van der Waals surface area contributed by atoms with Crippen molar-refractivity contribution in [2.75, 3.05) is 17.1 Å². The molecule has 146 valence electrons. The van der Waals surface area contributed by atoms with E-state index in [1.807, 2.05) is 23.6 Å². The summed E-state index contributed by atoms with van der Waals surface area (Å²) in [5.41, 5.74) is 3.57. The molecule has 0 radical (unpaired) electrons. The predicted molar refractivity (Wildman–Crippen MR) is 109 cm³/mol. The molecule has 2 aromatic carbocycles. The largest absolute Gasteiger partial charge is 0.486 e. The molecule has 0 saturated carbocycles. The highest BCUT2D eigenvalue weighted by Crippen LogP contribution is 2.33. The molecular formula is C20H19FN2O3S2. The Balaban J connectivity index is 1.52. The van der Waals surface area contributed by atoms with Gasteiger partial charge in [0, 0.05) is 17.5 Å². The Morgan fingerprint density at radius 3 is 2.75 bits per heavy atom. The molecule has 0 N–H and O–H groups in total. The Morgan fingerprint density at radius 2 is 2.00 bits per heavy atom. The Hall–Kier alpha value is -2.45. The average molecular weight is 419 g/mol. The molecule has 3 aromatic rings. The van der Waals surface area contributed by atoms with Crippen molar-refractivity contribution in [3.8, 4) is 17.0 Å². The van der Waals surface area contributed by atoms with E-state index in [9.17, 15) is 12.8 Å². The molecule has 0 amide bonds. The van der Waals surface area contributed by atoms with Gasteiger partial charge in [0.15, 0.2) is 0 Å². The van der Waals surface area contributed by atoms with E-state index in [1.165, 1.54) is 34.0 Å². The Bertz CT molecular complexity index is 1090. The summed E-state index contributed by atoms with van der Waals surface area (Å²) >= 11 is 1.49. The van der Waals surface area contributed by atoms with Crippen LogP contribution in [0.1, 0.15) is 17.0 Å². The van der Waals surface area contributed by atoms with Crippen molar-refractivity contribution >= 4 is 27.0 Å². The molecule has 0 saturated heterocycles. The second-order valence-corrected chi connectivity index (χ2v) is 9.50. The van der Waals surface area contributed by atoms with Crippen molar-refractivity contribution in [2.45, 2.75) is 19.4 Å². The second-order valence-electron chi connectivity index (χ2n) is 6.65. The molecule has 1 aromatic heterocycles. The summed E-state index contributed by atoms with van der Waals surface area (Å²) in [7, 11) is -3.27. The smallest absolute Gasteiger partial charge is 0.232 e. The number of hydrogen-bond acceptors (Lipinski definition) is 5. The lowest BCUT2D eigenvalue weighted by Gasteiger charge is -2.29. The van der Waals surface area contributed by atoms with E-state index in [0.717, 1.165) is 40.4 Å². The summed E-state index contributed by atoms with van der Waals surface area (Å²) in [6, 6.07) is 11.7. The third kappa shape index (κ3) is 4.02. The van der Waals surface area contributed by atoms with Gasteiger partial charge in [0.2, 0.25) is 10.0 Å². The van der Waals surface area contributed by atoms with Crippen molar-refractivity contribution in [1.29, 1.82) is 0 Å². The third-order valence-corrected chi connectivity index (χ3v) is 6.58. The van der Waals surface area contributed by atoms with Crippen LogP contribution in [-0.2, 0) is 23.1 Å². The maximum absolute atomic E-state index is 12.9. The number of sulfonamides is 1. The number of nitrogens with zero attached hydrogens (tertiary/aromatic N) is 2. The summed E-state index contributed by atoms with van der Waals surface area (Å²) in [5, 5.41) is 2.78. The molecule has 8 heteroatoms. The molecule has 28 heavy (non-hydrogen) atoms. The van der Waals surface area contributed by atoms with Crippen molar-refractivity contribution < 1.29 is 17.5 Å². The molecule has 1 aliphatic rings. The molecule has 1 aliphatic heterocycles. The molecule has 4 rings (SSSR count). The summed E-state index contributed by atoms with van der Waals surface area (Å²) in [6.45, 7) is 0.829. The van der Waals surface area contributed by atoms with Crippen molar-refractivity contribution in [2.24, 2.45) is 0 Å². The maximum atomic E-state index is 12.9. The van der Waals surface area contributed by atoms with Gasteiger partial charge in [0.1, 0.15) is 23.2 Å². The Kier molecular flexibility index (Phi) is 5.07. The van der Waals surface area contributed by atoms with Gasteiger partial charge in [-0.1, -0.05) is 6.07 Å². The summed E-state index contributed by atoms with van der Waals surface area (Å²) in [4.78, 5) is 4.62. The minimum Gasteiger partial charge on any atom is -0.486 e. The fourth-order valence-electron chi connectivity index (χ4n) is 3.25. The van der Waals surface area contributed by atoms with Crippen molar-refractivity contribution in [3.05, 3.63) is 64.2 Å². The lowest BCUT2D eigenvalue weighted by atomic mass is 10.00. The number of hydrogen-bond donors (Lipinski definition) is 0. The summed E-state index contributed by atoms with van der Waals surface area (Å²) < 4.78 is 44.1. The van der Waals surface area contributed by atoms with E-state index in [-0.39, 0.29) is 5.82 Å². The average Bonchev–Trinajstić information content (AvgIpc) is 3.15. The normalized spacial score (nSPS) is 14.0. The Morgan fingerprint density at radius 1 is 1.21 bits per heavy atom. The van der Waals surface area contributed by atoms with Crippen LogP contribution in [0.2, 0.25) is 0 Å². The number of benzene rings is 2. The molecule has 0 bridgehead atoms. The van der Waals surface area contributed by atoms with Crippen LogP contribution < -0.4 is 9.04 Å². The van der Waals surface area contributed by atoms with Crippen LogP contribution in [0.5, 0.6) is 5.75 Å². The fourth-order valence-corrected chi connectivity index (χ4v) is 4.96. The van der Waals surface area contributed by atoms with E-state index in [0.29, 0.717) is 18.9 Å². The van der Waals surface area contributed by atoms with Gasteiger partial charge >= 0.3 is 0 Å². The topological polar surface area (TPSA) is 59.5 Å². The van der Waals surface area contributed by atoms with Crippen LogP contribution in [0.3, 0.4) is 0 Å². The summed E-state index contributed by atoms with van der Waals surface area (Å²) in [5.74, 6) is 0.290. The molecule has 2 heterocycles. The van der Waals surface area contributed by atoms with E-state index >= 15 is 0 Å². The van der Waals surface area contributed by atoms with E-state index in [1.54, 1.807) is 12.1 Å². The zero-order valence-corrected chi connectivity index (χ0v) is 16.9. The standard InChI is InChI=1S/C20H19FN2O3S2/c1-28(24,25)23-10-2-3-15-11-14(4-9-19(15)23)18-13-27-20(22-18)12-26-17-7-5-16(21)6-8-17/h4-9,11,13H,2-3,10,12H2,1H3. The van der Waals surface area contributed by atoms with Gasteiger partial charge in [-0.05, 0) is 54.8 Å². The van der Waals surface area contributed by atoms with Gasteiger partial charge in [0.05, 0.1) is 17.6 Å². The molecule has 0 spiro atoms. The highest BCUT2D eigenvalue weighted by molar-refractivity contribution is 7.92.